The zero-order valence-electron chi connectivity index (χ0n) is 15.7. The topological polar surface area (TPSA) is 33.0 Å². The summed E-state index contributed by atoms with van der Waals surface area (Å²) in [6, 6.07) is 32.6. The second-order valence-electron chi connectivity index (χ2n) is 6.90. The fourth-order valence-electron chi connectivity index (χ4n) is 3.83. The third-order valence-corrected chi connectivity index (χ3v) is 5.18. The number of nitriles is 1. The van der Waals surface area contributed by atoms with E-state index in [1.807, 2.05) is 72.8 Å². The number of allylic oxidation sites excluding steroid dienone is 1. The minimum absolute atomic E-state index is 0.675. The van der Waals surface area contributed by atoms with Gasteiger partial charge in [-0.25, -0.2) is 0 Å². The zero-order valence-corrected chi connectivity index (χ0v) is 15.7. The Hall–Kier alpha value is -4.09. The van der Waals surface area contributed by atoms with E-state index < -0.39 is 0 Å². The molecule has 0 saturated heterocycles. The van der Waals surface area contributed by atoms with Crippen LogP contribution in [0, 0.1) is 11.3 Å². The van der Waals surface area contributed by atoms with Crippen molar-refractivity contribution in [2.75, 3.05) is 0 Å². The van der Waals surface area contributed by atoms with Crippen molar-refractivity contribution in [3.05, 3.63) is 125 Å². The van der Waals surface area contributed by atoms with Crippen molar-refractivity contribution < 1.29 is 4.74 Å². The molecule has 2 heteroatoms. The number of rotatable bonds is 2. The van der Waals surface area contributed by atoms with Crippen LogP contribution in [0.15, 0.2) is 103 Å². The van der Waals surface area contributed by atoms with Gasteiger partial charge in [-0.2, -0.15) is 5.26 Å². The molecule has 0 radical (unpaired) electrons. The third-order valence-electron chi connectivity index (χ3n) is 5.18. The molecule has 0 spiro atoms. The van der Waals surface area contributed by atoms with Gasteiger partial charge in [-0.15, -0.1) is 0 Å². The van der Waals surface area contributed by atoms with Crippen LogP contribution in [0.1, 0.15) is 22.3 Å². The molecule has 0 fully saturated rings. The Morgan fingerprint density at radius 1 is 0.655 bits per heavy atom. The molecule has 4 aromatic rings. The highest BCUT2D eigenvalue weighted by Gasteiger charge is 2.18. The lowest BCUT2D eigenvalue weighted by Gasteiger charge is -2.20. The molecule has 4 aromatic carbocycles. The molecule has 2 nitrogen and oxygen atoms in total. The molecule has 1 aliphatic rings. The van der Waals surface area contributed by atoms with Gasteiger partial charge < -0.3 is 4.74 Å². The average molecular weight is 371 g/mol. The molecule has 0 unspecified atom stereocenters. The Morgan fingerprint density at radius 2 is 1.34 bits per heavy atom. The first-order valence-electron chi connectivity index (χ1n) is 9.52. The van der Waals surface area contributed by atoms with E-state index in [0.29, 0.717) is 5.56 Å². The Kier molecular flexibility index (Phi) is 4.20. The van der Waals surface area contributed by atoms with Crippen LogP contribution in [0.4, 0.5) is 0 Å². The largest absolute Gasteiger partial charge is 0.456 e. The number of hydrogen-bond donors (Lipinski definition) is 0. The summed E-state index contributed by atoms with van der Waals surface area (Å²) in [6.45, 7) is 0. The number of ether oxygens (including phenoxy) is 1. The lowest BCUT2D eigenvalue weighted by Crippen LogP contribution is -2.04. The first kappa shape index (κ1) is 17.0. The Morgan fingerprint density at radius 3 is 2.00 bits per heavy atom. The highest BCUT2D eigenvalue weighted by Crippen LogP contribution is 2.38. The monoisotopic (exact) mass is 371 g/mol. The second-order valence-corrected chi connectivity index (χ2v) is 6.90. The molecule has 0 saturated carbocycles. The molecule has 1 aliphatic heterocycles. The van der Waals surface area contributed by atoms with Gasteiger partial charge in [-0.1, -0.05) is 72.8 Å². The fraction of sp³-hybridized carbons (Fsp3) is 0. The molecule has 0 aromatic heterocycles. The number of nitrogens with zero attached hydrogens (tertiary/aromatic N) is 1. The zero-order chi connectivity index (χ0) is 19.6. The predicted molar refractivity (Wildman–Crippen MR) is 117 cm³/mol. The summed E-state index contributed by atoms with van der Waals surface area (Å²) in [5.74, 6) is 1.61. The summed E-state index contributed by atoms with van der Waals surface area (Å²) in [6.07, 6.45) is 4.11. The molecular formula is C27H17NO. The van der Waals surface area contributed by atoms with Gasteiger partial charge in [0.1, 0.15) is 11.5 Å². The molecule has 136 valence electrons. The van der Waals surface area contributed by atoms with Gasteiger partial charge in [0, 0.05) is 16.5 Å². The van der Waals surface area contributed by atoms with E-state index in [4.69, 9.17) is 4.74 Å². The van der Waals surface area contributed by atoms with Crippen LogP contribution >= 0.6 is 0 Å². The minimum atomic E-state index is 0.675. The molecule has 0 atom stereocenters. The molecular weight excluding hydrogens is 354 g/mol. The maximum absolute atomic E-state index is 9.40. The summed E-state index contributed by atoms with van der Waals surface area (Å²) in [7, 11) is 0. The van der Waals surface area contributed by atoms with E-state index in [0.717, 1.165) is 44.5 Å². The van der Waals surface area contributed by atoms with Crippen molar-refractivity contribution in [3.63, 3.8) is 0 Å². The van der Waals surface area contributed by atoms with Crippen LogP contribution in [0.25, 0.3) is 22.4 Å². The van der Waals surface area contributed by atoms with Gasteiger partial charge in [-0.3, -0.25) is 0 Å². The van der Waals surface area contributed by atoms with Crippen LogP contribution in [-0.2, 0) is 0 Å². The highest BCUT2D eigenvalue weighted by molar-refractivity contribution is 5.98. The standard InChI is InChI=1S/C27H17NO/c28-18-21-12-7-13-23-22(21)14-16-25-24(23)15-17-26(29-25)27(19-8-3-1-4-9-19)20-10-5-2-6-11-20/h1-17H. The van der Waals surface area contributed by atoms with Crippen LogP contribution < -0.4 is 4.74 Å². The van der Waals surface area contributed by atoms with Crippen LogP contribution in [-0.4, -0.2) is 0 Å². The summed E-state index contributed by atoms with van der Waals surface area (Å²) < 4.78 is 6.39. The van der Waals surface area contributed by atoms with Crippen molar-refractivity contribution in [3.8, 4) is 11.8 Å². The van der Waals surface area contributed by atoms with Crippen molar-refractivity contribution in [2.24, 2.45) is 0 Å². The Bertz CT molecular complexity index is 1270. The molecule has 0 amide bonds. The molecule has 1 heterocycles. The van der Waals surface area contributed by atoms with Gasteiger partial charge in [0.15, 0.2) is 0 Å². The molecule has 0 bridgehead atoms. The molecule has 29 heavy (non-hydrogen) atoms. The third kappa shape index (κ3) is 2.99. The van der Waals surface area contributed by atoms with E-state index in [9.17, 15) is 5.26 Å². The van der Waals surface area contributed by atoms with E-state index in [1.54, 1.807) is 0 Å². The average Bonchev–Trinajstić information content (AvgIpc) is 2.80. The van der Waals surface area contributed by atoms with Gasteiger partial charge in [0.25, 0.3) is 0 Å². The molecule has 0 aliphatic carbocycles. The number of benzene rings is 4. The van der Waals surface area contributed by atoms with Gasteiger partial charge in [0.05, 0.1) is 11.6 Å². The first-order chi connectivity index (χ1) is 14.3. The first-order valence-corrected chi connectivity index (χ1v) is 9.52. The van der Waals surface area contributed by atoms with E-state index in [1.165, 1.54) is 0 Å². The van der Waals surface area contributed by atoms with Crippen molar-refractivity contribution in [1.82, 2.24) is 0 Å². The SMILES string of the molecule is N#Cc1cccc2c3c(ccc12)OC(=C(c1ccccc1)c1ccccc1)C=C3. The van der Waals surface area contributed by atoms with E-state index in [2.05, 4.69) is 36.4 Å². The van der Waals surface area contributed by atoms with Gasteiger partial charge in [-0.05, 0) is 46.9 Å². The maximum Gasteiger partial charge on any atom is 0.135 e. The summed E-state index contributed by atoms with van der Waals surface area (Å²) >= 11 is 0. The normalized spacial score (nSPS) is 12.2. The maximum atomic E-state index is 9.40. The summed E-state index contributed by atoms with van der Waals surface area (Å²) in [5, 5.41) is 11.4. The Balaban J connectivity index is 1.71. The predicted octanol–water partition coefficient (Wildman–Crippen LogP) is 6.58. The van der Waals surface area contributed by atoms with Crippen molar-refractivity contribution >= 4 is 22.4 Å². The van der Waals surface area contributed by atoms with Crippen molar-refractivity contribution in [1.29, 1.82) is 5.26 Å². The van der Waals surface area contributed by atoms with Crippen LogP contribution in [0.3, 0.4) is 0 Å². The second kappa shape index (κ2) is 7.14. The number of hydrogen-bond acceptors (Lipinski definition) is 2. The number of fused-ring (bicyclic) bond motifs is 3. The summed E-state index contributed by atoms with van der Waals surface area (Å²) in [4.78, 5) is 0. The quantitative estimate of drug-likeness (QED) is 0.399. The fourth-order valence-corrected chi connectivity index (χ4v) is 3.83. The van der Waals surface area contributed by atoms with E-state index in [-0.39, 0.29) is 0 Å². The van der Waals surface area contributed by atoms with Crippen molar-refractivity contribution in [2.45, 2.75) is 0 Å². The van der Waals surface area contributed by atoms with Crippen LogP contribution in [0.5, 0.6) is 5.75 Å². The lowest BCUT2D eigenvalue weighted by atomic mass is 9.94. The minimum Gasteiger partial charge on any atom is -0.456 e. The lowest BCUT2D eigenvalue weighted by molar-refractivity contribution is 0.443. The molecule has 5 rings (SSSR count). The van der Waals surface area contributed by atoms with Gasteiger partial charge in [0.2, 0.25) is 0 Å². The van der Waals surface area contributed by atoms with Crippen LogP contribution in [0.2, 0.25) is 0 Å². The Labute approximate surface area is 169 Å². The highest BCUT2D eigenvalue weighted by atomic mass is 16.5. The molecule has 0 N–H and O–H groups in total. The summed E-state index contributed by atoms with van der Waals surface area (Å²) in [5.41, 5.74) is 4.95. The van der Waals surface area contributed by atoms with E-state index >= 15 is 0 Å². The van der Waals surface area contributed by atoms with Gasteiger partial charge >= 0.3 is 0 Å². The smallest absolute Gasteiger partial charge is 0.135 e.